The Hall–Kier alpha value is -1.51. The van der Waals surface area contributed by atoms with Gasteiger partial charge in [0.25, 0.3) is 7.82 Å². The zero-order valence-electron chi connectivity index (χ0n) is 60.0. The van der Waals surface area contributed by atoms with Gasteiger partial charge in [0.05, 0.1) is 33.8 Å². The monoisotopic (exact) mass is 1260 g/mol. The smallest absolute Gasteiger partial charge is 0.306 e. The van der Waals surface area contributed by atoms with Crippen molar-refractivity contribution in [1.82, 2.24) is 5.32 Å². The van der Waals surface area contributed by atoms with E-state index in [0.29, 0.717) is 17.4 Å². The van der Waals surface area contributed by atoms with E-state index in [1.54, 1.807) is 0 Å². The molecule has 0 aromatic rings. The molecule has 10 heteroatoms. The molecule has 0 saturated carbocycles. The van der Waals surface area contributed by atoms with Crippen LogP contribution < -0.4 is 10.2 Å². The number of phosphoric acid groups is 1. The Balaban J connectivity index is 4.91. The predicted molar refractivity (Wildman–Crippen MR) is 381 cm³/mol. The molecule has 0 rings (SSSR count). The molecule has 0 aromatic heterocycles. The Morgan fingerprint density at radius 2 is 0.659 bits per heavy atom. The molecule has 0 saturated heterocycles. The fraction of sp³-hybridized carbons (Fsp3) is 0.923. The lowest BCUT2D eigenvalue weighted by atomic mass is 10.0. The molecule has 0 bridgehead atoms. The zero-order valence-corrected chi connectivity index (χ0v) is 60.9. The Labute approximate surface area is 549 Å². The van der Waals surface area contributed by atoms with Gasteiger partial charge in [0.2, 0.25) is 5.91 Å². The van der Waals surface area contributed by atoms with Crippen molar-refractivity contribution in [2.75, 3.05) is 40.9 Å². The van der Waals surface area contributed by atoms with Gasteiger partial charge in [0.15, 0.2) is 0 Å². The van der Waals surface area contributed by atoms with Crippen molar-refractivity contribution in [2.45, 2.75) is 425 Å². The molecule has 0 heterocycles. The molecule has 0 aliphatic rings. The third kappa shape index (κ3) is 68.8. The molecule has 522 valence electrons. The number of hydrogen-bond donors (Lipinski definition) is 1. The lowest BCUT2D eigenvalue weighted by Crippen LogP contribution is -2.47. The molecule has 9 nitrogen and oxygen atoms in total. The van der Waals surface area contributed by atoms with Gasteiger partial charge < -0.3 is 28.5 Å². The number of carbonyl (C=O) groups is 2. The van der Waals surface area contributed by atoms with E-state index in [-0.39, 0.29) is 31.5 Å². The van der Waals surface area contributed by atoms with Crippen molar-refractivity contribution in [3.63, 3.8) is 0 Å². The highest BCUT2D eigenvalue weighted by molar-refractivity contribution is 7.45. The molecular formula is C78H153N2O7P. The van der Waals surface area contributed by atoms with Crippen molar-refractivity contribution in [2.24, 2.45) is 0 Å². The van der Waals surface area contributed by atoms with E-state index in [1.165, 1.54) is 321 Å². The zero-order chi connectivity index (χ0) is 64.2. The summed E-state index contributed by atoms with van der Waals surface area (Å²) in [7, 11) is 1.21. The van der Waals surface area contributed by atoms with Crippen molar-refractivity contribution < 1.29 is 37.3 Å². The Kier molecular flexibility index (Phi) is 67.2. The average molecular weight is 1260 g/mol. The number of allylic oxidation sites excluding steroid dienone is 3. The molecular weight excluding hydrogens is 1110 g/mol. The first-order valence-corrected chi connectivity index (χ1v) is 40.6. The predicted octanol–water partition coefficient (Wildman–Crippen LogP) is 24.6. The Morgan fingerprint density at radius 1 is 0.386 bits per heavy atom. The van der Waals surface area contributed by atoms with Gasteiger partial charge in [-0.2, -0.15) is 0 Å². The fourth-order valence-electron chi connectivity index (χ4n) is 12.1. The van der Waals surface area contributed by atoms with E-state index < -0.39 is 20.0 Å². The van der Waals surface area contributed by atoms with Crippen LogP contribution in [0.25, 0.3) is 0 Å². The van der Waals surface area contributed by atoms with Gasteiger partial charge in [-0.3, -0.25) is 14.2 Å². The molecule has 3 atom stereocenters. The van der Waals surface area contributed by atoms with Crippen molar-refractivity contribution in [3.8, 4) is 0 Å². The van der Waals surface area contributed by atoms with E-state index in [4.69, 9.17) is 13.8 Å². The summed E-state index contributed by atoms with van der Waals surface area (Å²) < 4.78 is 30.5. The van der Waals surface area contributed by atoms with E-state index >= 15 is 0 Å². The number of likely N-dealkylation sites (N-methyl/N-ethyl adjacent to an activating group) is 1. The van der Waals surface area contributed by atoms with Crippen LogP contribution in [-0.4, -0.2) is 69.4 Å². The van der Waals surface area contributed by atoms with Crippen LogP contribution >= 0.6 is 7.82 Å². The summed E-state index contributed by atoms with van der Waals surface area (Å²) >= 11 is 0. The summed E-state index contributed by atoms with van der Waals surface area (Å²) in [5, 5.41) is 3.06. The Bertz CT molecular complexity index is 1550. The lowest BCUT2D eigenvalue weighted by Gasteiger charge is -2.30. The molecule has 1 N–H and O–H groups in total. The van der Waals surface area contributed by atoms with Crippen LogP contribution in [0.4, 0.5) is 0 Å². The second kappa shape index (κ2) is 68.4. The lowest BCUT2D eigenvalue weighted by molar-refractivity contribution is -0.870. The van der Waals surface area contributed by atoms with Gasteiger partial charge in [-0.25, -0.2) is 0 Å². The van der Waals surface area contributed by atoms with Crippen LogP contribution in [0.3, 0.4) is 0 Å². The van der Waals surface area contributed by atoms with Crippen LogP contribution in [0, 0.1) is 0 Å². The van der Waals surface area contributed by atoms with E-state index in [1.807, 2.05) is 33.3 Å². The van der Waals surface area contributed by atoms with E-state index in [0.717, 1.165) is 57.8 Å². The molecule has 0 fully saturated rings. The number of hydrogen-bond acceptors (Lipinski definition) is 7. The first-order valence-electron chi connectivity index (χ1n) is 39.1. The molecule has 1 amide bonds. The van der Waals surface area contributed by atoms with Crippen LogP contribution in [0.2, 0.25) is 0 Å². The summed E-state index contributed by atoms with van der Waals surface area (Å²) in [6.45, 7) is 6.92. The SMILES string of the molecule is CCCCCCCC/C=C/CCCCCCCCCCCCCCCCCC(=O)OC(/C=C/CCCCCCCCCCCC)C(COP(=O)([O-])OCC[N+](C)(C)C)NC(=O)CCCCCCCCCCCCCCCCCCCCCCCCCCC. The number of nitrogens with zero attached hydrogens (tertiary/aromatic N) is 1. The standard InChI is InChI=1S/C78H153N2O7P/c1-7-10-13-16-19-22-25-28-30-32-34-36-38-40-42-44-46-48-50-52-55-58-61-64-67-70-77(81)79-75(74-86-88(83,84)85-73-72-80(4,5)6)76(69-66-63-60-57-54-27-24-21-18-15-12-9-3)87-78(82)71-68-65-62-59-56-53-51-49-47-45-43-41-39-37-35-33-31-29-26-23-20-17-14-11-8-2/h29,31,66,69,75-76H,7-28,30,32-65,67-68,70-74H2,1-6H3,(H-,79,81,83,84)/b31-29+,69-66+. The third-order valence-electron chi connectivity index (χ3n) is 18.1. The average Bonchev–Trinajstić information content (AvgIpc) is 3.52. The number of amides is 1. The van der Waals surface area contributed by atoms with Crippen LogP contribution in [-0.2, 0) is 27.9 Å². The third-order valence-corrected chi connectivity index (χ3v) is 19.1. The summed E-state index contributed by atoms with van der Waals surface area (Å²) in [5.41, 5.74) is 0. The number of nitrogens with one attached hydrogen (secondary N) is 1. The number of ether oxygens (including phenoxy) is 1. The quantitative estimate of drug-likeness (QED) is 0.0212. The fourth-order valence-corrected chi connectivity index (χ4v) is 12.8. The minimum atomic E-state index is -4.70. The largest absolute Gasteiger partial charge is 0.756 e. The second-order valence-electron chi connectivity index (χ2n) is 28.2. The van der Waals surface area contributed by atoms with Gasteiger partial charge in [-0.15, -0.1) is 0 Å². The van der Waals surface area contributed by atoms with Gasteiger partial charge >= 0.3 is 5.97 Å². The van der Waals surface area contributed by atoms with Gasteiger partial charge in [0.1, 0.15) is 19.3 Å². The normalized spacial score (nSPS) is 13.5. The van der Waals surface area contributed by atoms with Crippen LogP contribution in [0.1, 0.15) is 412 Å². The molecule has 0 radical (unpaired) electrons. The number of phosphoric ester groups is 1. The number of rotatable bonds is 73. The minimum absolute atomic E-state index is 0.0175. The van der Waals surface area contributed by atoms with Crippen LogP contribution in [0.15, 0.2) is 24.3 Å². The molecule has 0 aromatic carbocycles. The number of unbranched alkanes of at least 4 members (excludes halogenated alkanes) is 55. The van der Waals surface area contributed by atoms with E-state index in [2.05, 4.69) is 38.2 Å². The highest BCUT2D eigenvalue weighted by atomic mass is 31.2. The van der Waals surface area contributed by atoms with Crippen molar-refractivity contribution in [3.05, 3.63) is 24.3 Å². The highest BCUT2D eigenvalue weighted by Gasteiger charge is 2.27. The molecule has 3 unspecified atom stereocenters. The maximum Gasteiger partial charge on any atom is 0.306 e. The van der Waals surface area contributed by atoms with Crippen molar-refractivity contribution in [1.29, 1.82) is 0 Å². The Morgan fingerprint density at radius 3 is 0.966 bits per heavy atom. The summed E-state index contributed by atoms with van der Waals surface area (Å²) in [5.74, 6) is -0.513. The van der Waals surface area contributed by atoms with Gasteiger partial charge in [-0.1, -0.05) is 366 Å². The highest BCUT2D eigenvalue weighted by Crippen LogP contribution is 2.38. The van der Waals surface area contributed by atoms with Crippen LogP contribution in [0.5, 0.6) is 0 Å². The maximum atomic E-state index is 13.6. The molecule has 0 aliphatic heterocycles. The number of esters is 1. The first kappa shape index (κ1) is 86.5. The summed E-state index contributed by atoms with van der Waals surface area (Å²) in [6, 6.07) is -0.883. The molecule has 0 spiro atoms. The molecule has 0 aliphatic carbocycles. The van der Waals surface area contributed by atoms with Gasteiger partial charge in [0, 0.05) is 12.8 Å². The van der Waals surface area contributed by atoms with Crippen molar-refractivity contribution >= 4 is 19.7 Å². The summed E-state index contributed by atoms with van der Waals surface area (Å²) in [4.78, 5) is 40.3. The second-order valence-corrected chi connectivity index (χ2v) is 29.6. The minimum Gasteiger partial charge on any atom is -0.756 e. The summed E-state index contributed by atoms with van der Waals surface area (Å²) in [6.07, 6.45) is 84.7. The van der Waals surface area contributed by atoms with E-state index in [9.17, 15) is 19.0 Å². The molecule has 88 heavy (non-hydrogen) atoms. The maximum absolute atomic E-state index is 13.6. The number of quaternary nitrogens is 1. The first-order chi connectivity index (χ1) is 42.9. The number of carbonyl (C=O) groups excluding carboxylic acids is 2. The van der Waals surface area contributed by atoms with Gasteiger partial charge in [-0.05, 0) is 57.4 Å². The topological polar surface area (TPSA) is 114 Å².